The maximum absolute atomic E-state index is 12.8. The number of esters is 1. The number of carbonyl (C=O) groups is 2. The number of amides is 1. The van der Waals surface area contributed by atoms with E-state index in [0.717, 1.165) is 16.9 Å². The van der Waals surface area contributed by atoms with Crippen molar-refractivity contribution in [3.05, 3.63) is 70.1 Å². The minimum absolute atomic E-state index is 0.0869. The SMILES string of the molecule is COC(=O)c1c(NC(=S)Nc2ccc(S(=O)(=O)Nc3ccccc3C)cc2)sc(C(=O)N(C)C)c1C. The van der Waals surface area contributed by atoms with E-state index in [4.69, 9.17) is 17.0 Å². The molecule has 3 aromatic rings. The Morgan fingerprint density at radius 2 is 1.64 bits per heavy atom. The second-order valence-corrected chi connectivity index (χ2v) is 11.1. The van der Waals surface area contributed by atoms with Gasteiger partial charge in [-0.1, -0.05) is 18.2 Å². The van der Waals surface area contributed by atoms with Crippen LogP contribution in [0.25, 0.3) is 0 Å². The minimum atomic E-state index is -3.78. The fourth-order valence-corrected chi connectivity index (χ4v) is 5.87. The zero-order chi connectivity index (χ0) is 26.6. The molecule has 3 rings (SSSR count). The summed E-state index contributed by atoms with van der Waals surface area (Å²) in [4.78, 5) is 26.8. The van der Waals surface area contributed by atoms with E-state index in [9.17, 15) is 18.0 Å². The first-order chi connectivity index (χ1) is 16.9. The molecule has 0 aliphatic carbocycles. The number of nitrogens with zero attached hydrogens (tertiary/aromatic N) is 1. The van der Waals surface area contributed by atoms with E-state index in [1.54, 1.807) is 45.3 Å². The monoisotopic (exact) mass is 546 g/mol. The number of thiophene rings is 1. The van der Waals surface area contributed by atoms with Crippen LogP contribution in [0.5, 0.6) is 0 Å². The first kappa shape index (κ1) is 27.1. The highest BCUT2D eigenvalue weighted by atomic mass is 32.2. The van der Waals surface area contributed by atoms with Gasteiger partial charge >= 0.3 is 5.97 Å². The van der Waals surface area contributed by atoms with E-state index >= 15 is 0 Å². The van der Waals surface area contributed by atoms with Crippen molar-refractivity contribution < 1.29 is 22.7 Å². The van der Waals surface area contributed by atoms with Gasteiger partial charge in [-0.05, 0) is 67.5 Å². The Labute approximate surface area is 219 Å². The molecule has 1 heterocycles. The van der Waals surface area contributed by atoms with Crippen molar-refractivity contribution in [2.75, 3.05) is 36.6 Å². The summed E-state index contributed by atoms with van der Waals surface area (Å²) in [6.07, 6.45) is 0. The molecule has 12 heteroatoms. The van der Waals surface area contributed by atoms with Gasteiger partial charge in [0.2, 0.25) is 0 Å². The Kier molecular flexibility index (Phi) is 8.33. The second kappa shape index (κ2) is 11.1. The van der Waals surface area contributed by atoms with Gasteiger partial charge in [-0.15, -0.1) is 11.3 Å². The van der Waals surface area contributed by atoms with Gasteiger partial charge in [-0.25, -0.2) is 13.2 Å². The molecule has 2 aromatic carbocycles. The quantitative estimate of drug-likeness (QED) is 0.294. The Hall–Kier alpha value is -3.48. The predicted molar refractivity (Wildman–Crippen MR) is 147 cm³/mol. The van der Waals surface area contributed by atoms with Gasteiger partial charge in [-0.2, -0.15) is 0 Å². The molecule has 1 amide bonds. The Morgan fingerprint density at radius 3 is 2.22 bits per heavy atom. The highest BCUT2D eigenvalue weighted by molar-refractivity contribution is 7.92. The van der Waals surface area contributed by atoms with Gasteiger partial charge in [-0.3, -0.25) is 9.52 Å². The largest absolute Gasteiger partial charge is 0.465 e. The topological polar surface area (TPSA) is 117 Å². The smallest absolute Gasteiger partial charge is 0.341 e. The Balaban J connectivity index is 1.76. The van der Waals surface area contributed by atoms with Crippen molar-refractivity contribution in [2.45, 2.75) is 18.7 Å². The number of benzene rings is 2. The molecule has 0 aliphatic heterocycles. The van der Waals surface area contributed by atoms with Gasteiger partial charge < -0.3 is 20.3 Å². The van der Waals surface area contributed by atoms with Gasteiger partial charge in [0, 0.05) is 19.8 Å². The number of aryl methyl sites for hydroxylation is 1. The number of ether oxygens (including phenoxy) is 1. The number of rotatable bonds is 7. The van der Waals surface area contributed by atoms with Crippen LogP contribution in [0.1, 0.15) is 31.2 Å². The molecule has 0 unspecified atom stereocenters. The van der Waals surface area contributed by atoms with Crippen molar-refractivity contribution in [1.29, 1.82) is 0 Å². The third kappa shape index (κ3) is 6.01. The van der Waals surface area contributed by atoms with Crippen molar-refractivity contribution in [3.63, 3.8) is 0 Å². The summed E-state index contributed by atoms with van der Waals surface area (Å²) in [6.45, 7) is 3.49. The number of thiocarbonyl (C=S) groups is 1. The number of anilines is 3. The molecule has 0 spiro atoms. The van der Waals surface area contributed by atoms with Crippen LogP contribution >= 0.6 is 23.6 Å². The fourth-order valence-electron chi connectivity index (χ4n) is 3.23. The maximum atomic E-state index is 12.8. The molecule has 36 heavy (non-hydrogen) atoms. The lowest BCUT2D eigenvalue weighted by Gasteiger charge is -2.13. The van der Waals surface area contributed by atoms with Crippen LogP contribution in [0.3, 0.4) is 0 Å². The van der Waals surface area contributed by atoms with Crippen molar-refractivity contribution in [2.24, 2.45) is 0 Å². The molecule has 190 valence electrons. The first-order valence-electron chi connectivity index (χ1n) is 10.6. The van der Waals surface area contributed by atoms with Crippen molar-refractivity contribution in [1.82, 2.24) is 4.90 Å². The molecule has 1 aromatic heterocycles. The second-order valence-electron chi connectivity index (χ2n) is 7.98. The van der Waals surface area contributed by atoms with E-state index in [2.05, 4.69) is 15.4 Å². The number of hydrogen-bond acceptors (Lipinski definition) is 7. The number of sulfonamides is 1. The van der Waals surface area contributed by atoms with Gasteiger partial charge in [0.15, 0.2) is 5.11 Å². The minimum Gasteiger partial charge on any atom is -0.465 e. The van der Waals surface area contributed by atoms with Gasteiger partial charge in [0.1, 0.15) is 5.00 Å². The van der Waals surface area contributed by atoms with Crippen LogP contribution in [-0.4, -0.2) is 51.5 Å². The molecule has 0 saturated carbocycles. The highest BCUT2D eigenvalue weighted by Crippen LogP contribution is 2.34. The third-order valence-corrected chi connectivity index (χ3v) is 7.96. The molecule has 0 aliphatic rings. The standard InChI is InChI=1S/C24H26N4O5S3/c1-14-8-6-7-9-18(14)27-36(31,32)17-12-10-16(11-13-17)25-24(34)26-21-19(23(30)33-5)15(2)20(35-21)22(29)28(3)4/h6-13,27H,1-5H3,(H2,25,26,34). The molecule has 0 saturated heterocycles. The lowest BCUT2D eigenvalue weighted by molar-refractivity contribution is 0.0601. The highest BCUT2D eigenvalue weighted by Gasteiger charge is 2.26. The molecule has 0 atom stereocenters. The number of para-hydroxylation sites is 1. The Morgan fingerprint density at radius 1 is 1.00 bits per heavy atom. The number of hydrogen-bond donors (Lipinski definition) is 3. The number of carbonyl (C=O) groups excluding carboxylic acids is 2. The van der Waals surface area contributed by atoms with E-state index in [-0.39, 0.29) is 21.5 Å². The zero-order valence-corrected chi connectivity index (χ0v) is 22.8. The van der Waals surface area contributed by atoms with Crippen LogP contribution in [0.2, 0.25) is 0 Å². The summed E-state index contributed by atoms with van der Waals surface area (Å²) in [7, 11) is 0.732. The Bertz CT molecular complexity index is 1410. The van der Waals surface area contributed by atoms with Crippen molar-refractivity contribution in [3.8, 4) is 0 Å². The van der Waals surface area contributed by atoms with Crippen LogP contribution in [0.4, 0.5) is 16.4 Å². The van der Waals surface area contributed by atoms with Crippen LogP contribution in [0, 0.1) is 13.8 Å². The van der Waals surface area contributed by atoms with E-state index < -0.39 is 16.0 Å². The lowest BCUT2D eigenvalue weighted by Crippen LogP contribution is -2.21. The molecule has 3 N–H and O–H groups in total. The molecular weight excluding hydrogens is 520 g/mol. The summed E-state index contributed by atoms with van der Waals surface area (Å²) in [5.41, 5.74) is 2.55. The number of nitrogens with one attached hydrogen (secondary N) is 3. The van der Waals surface area contributed by atoms with Crippen molar-refractivity contribution >= 4 is 66.9 Å². The molecule has 9 nitrogen and oxygen atoms in total. The summed E-state index contributed by atoms with van der Waals surface area (Å²) >= 11 is 6.48. The van der Waals surface area contributed by atoms with Crippen LogP contribution in [-0.2, 0) is 14.8 Å². The first-order valence-corrected chi connectivity index (χ1v) is 13.3. The third-order valence-electron chi connectivity index (χ3n) is 5.18. The van der Waals surface area contributed by atoms with Gasteiger partial charge in [0.05, 0.1) is 28.1 Å². The van der Waals surface area contributed by atoms with E-state index in [0.29, 0.717) is 26.8 Å². The zero-order valence-electron chi connectivity index (χ0n) is 20.3. The molecule has 0 bridgehead atoms. The lowest BCUT2D eigenvalue weighted by atomic mass is 10.1. The van der Waals surface area contributed by atoms with E-state index in [1.807, 2.05) is 19.1 Å². The van der Waals surface area contributed by atoms with E-state index in [1.165, 1.54) is 24.1 Å². The van der Waals surface area contributed by atoms with Crippen LogP contribution in [0.15, 0.2) is 53.4 Å². The average molecular weight is 547 g/mol. The predicted octanol–water partition coefficient (Wildman–Crippen LogP) is 4.46. The normalized spacial score (nSPS) is 10.9. The molecule has 0 radical (unpaired) electrons. The summed E-state index contributed by atoms with van der Waals surface area (Å²) in [5, 5.41) is 6.42. The average Bonchev–Trinajstić information content (AvgIpc) is 3.14. The van der Waals surface area contributed by atoms with Crippen LogP contribution < -0.4 is 15.4 Å². The molecular formula is C24H26N4O5S3. The fraction of sp³-hybridized carbons (Fsp3) is 0.208. The maximum Gasteiger partial charge on any atom is 0.341 e. The molecule has 0 fully saturated rings. The van der Waals surface area contributed by atoms with Gasteiger partial charge in [0.25, 0.3) is 15.9 Å². The summed E-state index contributed by atoms with van der Waals surface area (Å²) in [6, 6.07) is 13.1. The number of methoxy groups -OCH3 is 1. The summed E-state index contributed by atoms with van der Waals surface area (Å²) < 4.78 is 33.0. The summed E-state index contributed by atoms with van der Waals surface area (Å²) in [5.74, 6) is -0.840.